The van der Waals surface area contributed by atoms with Gasteiger partial charge in [-0.2, -0.15) is 0 Å². The van der Waals surface area contributed by atoms with Crippen LogP contribution in [0.25, 0.3) is 0 Å². The molecule has 1 fully saturated rings. The second kappa shape index (κ2) is 3.57. The highest BCUT2D eigenvalue weighted by molar-refractivity contribution is 5.76. The summed E-state index contributed by atoms with van der Waals surface area (Å²) in [6.45, 7) is 1.52. The van der Waals surface area contributed by atoms with Gasteiger partial charge in [0.05, 0.1) is 13.2 Å². The van der Waals surface area contributed by atoms with Crippen LogP contribution in [0.4, 0.5) is 8.78 Å². The summed E-state index contributed by atoms with van der Waals surface area (Å²) in [6.07, 6.45) is -0.428. The minimum absolute atomic E-state index is 0.231. The first-order valence-corrected chi connectivity index (χ1v) is 4.21. The van der Waals surface area contributed by atoms with E-state index in [1.54, 1.807) is 6.92 Å². The summed E-state index contributed by atoms with van der Waals surface area (Å²) >= 11 is 0. The molecular weight excluding hydrogens is 180 g/mol. The van der Waals surface area contributed by atoms with E-state index < -0.39 is 24.4 Å². The number of hydrogen-bond donors (Lipinski definition) is 0. The number of carbonyl (C=O) groups is 1. The Bertz CT molecular complexity index is 208. The molecule has 5 heteroatoms. The van der Waals surface area contributed by atoms with Crippen LogP contribution >= 0.6 is 0 Å². The standard InChI is InChI=1S/C8H13F2NO2/c1-3-13-7(12)6-4-8(9,10)5-11(6)2/h6H,3-5H2,1-2H3. The fraction of sp³-hybridized carbons (Fsp3) is 0.875. The number of nitrogens with zero attached hydrogens (tertiary/aromatic N) is 1. The van der Waals surface area contributed by atoms with E-state index in [9.17, 15) is 13.6 Å². The topological polar surface area (TPSA) is 29.5 Å². The zero-order chi connectivity index (χ0) is 10.1. The Morgan fingerprint density at radius 2 is 2.31 bits per heavy atom. The molecule has 0 spiro atoms. The van der Waals surface area contributed by atoms with Crippen LogP contribution in [0.2, 0.25) is 0 Å². The molecule has 1 aliphatic rings. The van der Waals surface area contributed by atoms with Crippen LogP contribution in [0.3, 0.4) is 0 Å². The summed E-state index contributed by atoms with van der Waals surface area (Å²) in [5.74, 6) is -3.31. The summed E-state index contributed by atoms with van der Waals surface area (Å²) in [5.41, 5.74) is 0. The number of rotatable bonds is 2. The van der Waals surface area contributed by atoms with Crippen molar-refractivity contribution in [2.24, 2.45) is 0 Å². The van der Waals surface area contributed by atoms with Crippen LogP contribution in [0.1, 0.15) is 13.3 Å². The van der Waals surface area contributed by atoms with Gasteiger partial charge in [0.2, 0.25) is 0 Å². The van der Waals surface area contributed by atoms with Crippen molar-refractivity contribution in [2.75, 3.05) is 20.2 Å². The number of halogens is 2. The summed E-state index contributed by atoms with van der Waals surface area (Å²) in [4.78, 5) is 12.5. The van der Waals surface area contributed by atoms with Gasteiger partial charge in [0.15, 0.2) is 0 Å². The van der Waals surface area contributed by atoms with Crippen molar-refractivity contribution >= 4 is 5.97 Å². The Morgan fingerprint density at radius 3 is 2.69 bits per heavy atom. The number of hydrogen-bond acceptors (Lipinski definition) is 3. The number of alkyl halides is 2. The van der Waals surface area contributed by atoms with Crippen LogP contribution < -0.4 is 0 Å². The van der Waals surface area contributed by atoms with Gasteiger partial charge in [-0.1, -0.05) is 0 Å². The first-order valence-electron chi connectivity index (χ1n) is 4.21. The van der Waals surface area contributed by atoms with Crippen LogP contribution in [0, 0.1) is 0 Å². The van der Waals surface area contributed by atoms with Gasteiger partial charge in [0, 0.05) is 6.42 Å². The number of likely N-dealkylation sites (N-methyl/N-ethyl adjacent to an activating group) is 1. The molecule has 0 aromatic heterocycles. The molecule has 1 saturated heterocycles. The molecule has 0 amide bonds. The van der Waals surface area contributed by atoms with Crippen LogP contribution in [-0.4, -0.2) is 43.0 Å². The molecule has 76 valence electrons. The number of ether oxygens (including phenoxy) is 1. The van der Waals surface area contributed by atoms with Gasteiger partial charge in [-0.05, 0) is 14.0 Å². The normalized spacial score (nSPS) is 27.5. The molecule has 1 aliphatic heterocycles. The van der Waals surface area contributed by atoms with Gasteiger partial charge in [0.1, 0.15) is 6.04 Å². The van der Waals surface area contributed by atoms with Crippen molar-refractivity contribution in [2.45, 2.75) is 25.3 Å². The second-order valence-electron chi connectivity index (χ2n) is 3.24. The quantitative estimate of drug-likeness (QED) is 0.610. The average Bonchev–Trinajstić information content (AvgIpc) is 2.25. The Hall–Kier alpha value is -0.710. The number of carbonyl (C=O) groups excluding carboxylic acids is 1. The van der Waals surface area contributed by atoms with Gasteiger partial charge < -0.3 is 4.74 Å². The third kappa shape index (κ3) is 2.37. The van der Waals surface area contributed by atoms with Crippen molar-refractivity contribution < 1.29 is 18.3 Å². The minimum atomic E-state index is -2.76. The van der Waals surface area contributed by atoms with E-state index in [4.69, 9.17) is 0 Å². The highest BCUT2D eigenvalue weighted by Crippen LogP contribution is 2.31. The lowest BCUT2D eigenvalue weighted by Crippen LogP contribution is -2.34. The second-order valence-corrected chi connectivity index (χ2v) is 3.24. The Balaban J connectivity index is 2.57. The SMILES string of the molecule is CCOC(=O)C1CC(F)(F)CN1C. The third-order valence-electron chi connectivity index (χ3n) is 2.06. The molecule has 0 aliphatic carbocycles. The zero-order valence-corrected chi connectivity index (χ0v) is 7.72. The molecule has 1 atom stereocenters. The predicted molar refractivity (Wildman–Crippen MR) is 42.6 cm³/mol. The molecule has 0 saturated carbocycles. The maximum atomic E-state index is 12.8. The highest BCUT2D eigenvalue weighted by Gasteiger charge is 2.46. The first kappa shape index (κ1) is 10.4. The van der Waals surface area contributed by atoms with E-state index in [0.29, 0.717) is 0 Å². The molecule has 0 radical (unpaired) electrons. The van der Waals surface area contributed by atoms with E-state index in [2.05, 4.69) is 4.74 Å². The van der Waals surface area contributed by atoms with E-state index in [1.807, 2.05) is 0 Å². The molecule has 1 heterocycles. The third-order valence-corrected chi connectivity index (χ3v) is 2.06. The lowest BCUT2D eigenvalue weighted by Gasteiger charge is -2.15. The minimum Gasteiger partial charge on any atom is -0.465 e. The molecule has 0 aromatic rings. The fourth-order valence-corrected chi connectivity index (χ4v) is 1.48. The lowest BCUT2D eigenvalue weighted by molar-refractivity contribution is -0.148. The Kier molecular flexibility index (Phi) is 2.85. The van der Waals surface area contributed by atoms with E-state index in [-0.39, 0.29) is 13.2 Å². The molecule has 3 nitrogen and oxygen atoms in total. The summed E-state index contributed by atoms with van der Waals surface area (Å²) in [5, 5.41) is 0. The fourth-order valence-electron chi connectivity index (χ4n) is 1.48. The molecule has 0 N–H and O–H groups in total. The molecular formula is C8H13F2NO2. The van der Waals surface area contributed by atoms with Crippen molar-refractivity contribution in [3.05, 3.63) is 0 Å². The van der Waals surface area contributed by atoms with E-state index in [0.717, 1.165) is 0 Å². The number of likely N-dealkylation sites (tertiary alicyclic amines) is 1. The van der Waals surface area contributed by atoms with Crippen LogP contribution in [0.15, 0.2) is 0 Å². The number of esters is 1. The van der Waals surface area contributed by atoms with Crippen molar-refractivity contribution in [3.8, 4) is 0 Å². The van der Waals surface area contributed by atoms with Crippen molar-refractivity contribution in [1.29, 1.82) is 0 Å². The summed E-state index contributed by atoms with van der Waals surface area (Å²) in [6, 6.07) is -0.782. The largest absolute Gasteiger partial charge is 0.465 e. The monoisotopic (exact) mass is 193 g/mol. The van der Waals surface area contributed by atoms with Crippen LogP contribution in [0.5, 0.6) is 0 Å². The van der Waals surface area contributed by atoms with Gasteiger partial charge in [-0.3, -0.25) is 9.69 Å². The molecule has 13 heavy (non-hydrogen) atoms. The first-order chi connectivity index (χ1) is 5.96. The van der Waals surface area contributed by atoms with Gasteiger partial charge in [-0.15, -0.1) is 0 Å². The summed E-state index contributed by atoms with van der Waals surface area (Å²) < 4.78 is 30.3. The van der Waals surface area contributed by atoms with Gasteiger partial charge in [0.25, 0.3) is 5.92 Å². The molecule has 1 unspecified atom stereocenters. The van der Waals surface area contributed by atoms with E-state index >= 15 is 0 Å². The van der Waals surface area contributed by atoms with Crippen molar-refractivity contribution in [1.82, 2.24) is 4.90 Å². The maximum absolute atomic E-state index is 12.8. The van der Waals surface area contributed by atoms with E-state index in [1.165, 1.54) is 11.9 Å². The summed E-state index contributed by atoms with van der Waals surface area (Å²) in [7, 11) is 1.50. The lowest BCUT2D eigenvalue weighted by atomic mass is 10.2. The zero-order valence-electron chi connectivity index (χ0n) is 7.72. The Labute approximate surface area is 75.7 Å². The smallest absolute Gasteiger partial charge is 0.323 e. The van der Waals surface area contributed by atoms with Crippen LogP contribution in [-0.2, 0) is 9.53 Å². The molecule has 1 rings (SSSR count). The average molecular weight is 193 g/mol. The molecule has 0 aromatic carbocycles. The highest BCUT2D eigenvalue weighted by atomic mass is 19.3. The van der Waals surface area contributed by atoms with Crippen molar-refractivity contribution in [3.63, 3.8) is 0 Å². The van der Waals surface area contributed by atoms with Gasteiger partial charge in [-0.25, -0.2) is 8.78 Å². The predicted octanol–water partition coefficient (Wildman–Crippen LogP) is 0.889. The van der Waals surface area contributed by atoms with Gasteiger partial charge >= 0.3 is 5.97 Å². The Morgan fingerprint density at radius 1 is 1.69 bits per heavy atom. The molecule has 0 bridgehead atoms. The maximum Gasteiger partial charge on any atom is 0.323 e.